The summed E-state index contributed by atoms with van der Waals surface area (Å²) in [6.45, 7) is 8.69. The molecule has 0 saturated heterocycles. The molecule has 1 fully saturated rings. The minimum atomic E-state index is -0.0988. The van der Waals surface area contributed by atoms with Crippen molar-refractivity contribution < 1.29 is 14.3 Å². The molecule has 0 heterocycles. The minimum Gasteiger partial charge on any atom is -0.497 e. The highest BCUT2D eigenvalue weighted by Gasteiger charge is 2.61. The Labute approximate surface area is 127 Å². The predicted octanol–water partition coefficient (Wildman–Crippen LogP) is 3.98. The molecule has 0 spiro atoms. The van der Waals surface area contributed by atoms with Crippen LogP contribution < -0.4 is 4.74 Å². The Morgan fingerprint density at radius 1 is 1.24 bits per heavy atom. The molecule has 0 aliphatic heterocycles. The van der Waals surface area contributed by atoms with Crippen molar-refractivity contribution in [2.45, 2.75) is 34.3 Å². The average molecular weight is 288 g/mol. The second-order valence-electron chi connectivity index (χ2n) is 6.52. The maximum Gasteiger partial charge on any atom is 0.310 e. The lowest BCUT2D eigenvalue weighted by Gasteiger charge is -2.06. The van der Waals surface area contributed by atoms with Crippen LogP contribution in [0.2, 0.25) is 0 Å². The highest BCUT2D eigenvalue weighted by Crippen LogP contribution is 2.59. The van der Waals surface area contributed by atoms with Gasteiger partial charge < -0.3 is 9.47 Å². The van der Waals surface area contributed by atoms with Crippen LogP contribution in [0.15, 0.2) is 35.9 Å². The van der Waals surface area contributed by atoms with Crippen LogP contribution in [0.5, 0.6) is 5.75 Å². The zero-order valence-electron chi connectivity index (χ0n) is 13.5. The van der Waals surface area contributed by atoms with Crippen molar-refractivity contribution in [3.05, 3.63) is 41.5 Å². The van der Waals surface area contributed by atoms with Gasteiger partial charge in [-0.05, 0) is 42.9 Å². The number of allylic oxidation sites excluding steroid dienone is 2. The molecule has 2 rings (SSSR count). The van der Waals surface area contributed by atoms with E-state index in [1.165, 1.54) is 5.57 Å². The Kier molecular flexibility index (Phi) is 4.40. The summed E-state index contributed by atoms with van der Waals surface area (Å²) in [6.07, 6.45) is 2.18. The summed E-state index contributed by atoms with van der Waals surface area (Å²) in [7, 11) is 1.63. The number of ether oxygens (including phenoxy) is 2. The lowest BCUT2D eigenvalue weighted by atomic mass is 10.1. The molecule has 3 heteroatoms. The fourth-order valence-corrected chi connectivity index (χ4v) is 2.76. The number of hydrogen-bond acceptors (Lipinski definition) is 3. The summed E-state index contributed by atoms with van der Waals surface area (Å²) in [5.41, 5.74) is 2.23. The maximum atomic E-state index is 12.2. The van der Waals surface area contributed by atoms with Gasteiger partial charge in [-0.1, -0.05) is 37.6 Å². The Bertz CT molecular complexity index is 536. The molecule has 1 aromatic rings. The largest absolute Gasteiger partial charge is 0.497 e. The molecule has 1 aliphatic rings. The number of hydrogen-bond donors (Lipinski definition) is 0. The topological polar surface area (TPSA) is 35.5 Å². The molecule has 1 saturated carbocycles. The van der Waals surface area contributed by atoms with E-state index in [0.29, 0.717) is 12.5 Å². The first-order valence-electron chi connectivity index (χ1n) is 7.31. The average Bonchev–Trinajstić information content (AvgIpc) is 2.97. The third-order valence-electron chi connectivity index (χ3n) is 4.22. The summed E-state index contributed by atoms with van der Waals surface area (Å²) in [5.74, 6) is 0.979. The first-order valence-corrected chi connectivity index (χ1v) is 7.31. The third-order valence-corrected chi connectivity index (χ3v) is 4.22. The molecule has 0 aromatic heterocycles. The van der Waals surface area contributed by atoms with Gasteiger partial charge in [0.15, 0.2) is 0 Å². The van der Waals surface area contributed by atoms with E-state index in [1.807, 2.05) is 24.3 Å². The van der Waals surface area contributed by atoms with Crippen LogP contribution in [0.1, 0.15) is 33.3 Å². The Morgan fingerprint density at radius 3 is 2.38 bits per heavy atom. The summed E-state index contributed by atoms with van der Waals surface area (Å²) in [4.78, 5) is 12.2. The lowest BCUT2D eigenvalue weighted by molar-refractivity contribution is -0.147. The normalized spacial score (nSPS) is 22.3. The zero-order valence-corrected chi connectivity index (χ0v) is 13.5. The number of carbonyl (C=O) groups is 1. The van der Waals surface area contributed by atoms with Crippen LogP contribution in [-0.4, -0.2) is 13.1 Å². The summed E-state index contributed by atoms with van der Waals surface area (Å²) in [6, 6.07) is 7.57. The summed E-state index contributed by atoms with van der Waals surface area (Å²) in [5, 5.41) is 0. The van der Waals surface area contributed by atoms with Crippen LogP contribution in [0.4, 0.5) is 0 Å². The number of methoxy groups -OCH3 is 1. The zero-order chi connectivity index (χ0) is 15.6. The maximum absolute atomic E-state index is 12.2. The fourth-order valence-electron chi connectivity index (χ4n) is 2.76. The van der Waals surface area contributed by atoms with Crippen LogP contribution in [0.3, 0.4) is 0 Å². The van der Waals surface area contributed by atoms with E-state index in [1.54, 1.807) is 7.11 Å². The number of esters is 1. The summed E-state index contributed by atoms with van der Waals surface area (Å²) >= 11 is 0. The highest BCUT2D eigenvalue weighted by atomic mass is 16.5. The number of rotatable bonds is 5. The van der Waals surface area contributed by atoms with Crippen molar-refractivity contribution in [3.8, 4) is 5.75 Å². The molecule has 0 bridgehead atoms. The third kappa shape index (κ3) is 3.46. The van der Waals surface area contributed by atoms with E-state index < -0.39 is 0 Å². The van der Waals surface area contributed by atoms with Crippen molar-refractivity contribution >= 4 is 5.97 Å². The van der Waals surface area contributed by atoms with Gasteiger partial charge in [0.25, 0.3) is 0 Å². The first kappa shape index (κ1) is 15.6. The standard InChI is InChI=1S/C18H24O3/c1-12(2)10-15-16(18(15,3)4)17(19)21-11-13-6-8-14(20-5)9-7-13/h6-10,15-16H,11H2,1-5H3/t15-,16+/m0/s1. The molecule has 1 aliphatic carbocycles. The van der Waals surface area contributed by atoms with Gasteiger partial charge in [0, 0.05) is 0 Å². The van der Waals surface area contributed by atoms with Gasteiger partial charge in [-0.2, -0.15) is 0 Å². The smallest absolute Gasteiger partial charge is 0.310 e. The van der Waals surface area contributed by atoms with E-state index in [0.717, 1.165) is 11.3 Å². The fraction of sp³-hybridized carbons (Fsp3) is 0.500. The van der Waals surface area contributed by atoms with Crippen LogP contribution >= 0.6 is 0 Å². The van der Waals surface area contributed by atoms with E-state index >= 15 is 0 Å². The van der Waals surface area contributed by atoms with Crippen molar-refractivity contribution in [3.63, 3.8) is 0 Å². The van der Waals surface area contributed by atoms with E-state index in [-0.39, 0.29) is 17.3 Å². The molecule has 2 atom stereocenters. The van der Waals surface area contributed by atoms with E-state index in [4.69, 9.17) is 9.47 Å². The molecule has 0 unspecified atom stereocenters. The van der Waals surface area contributed by atoms with Crippen molar-refractivity contribution in [2.75, 3.05) is 7.11 Å². The van der Waals surface area contributed by atoms with E-state index in [2.05, 4.69) is 33.8 Å². The molecule has 3 nitrogen and oxygen atoms in total. The Morgan fingerprint density at radius 2 is 1.86 bits per heavy atom. The predicted molar refractivity (Wildman–Crippen MR) is 83.0 cm³/mol. The van der Waals surface area contributed by atoms with Crippen LogP contribution in [0.25, 0.3) is 0 Å². The van der Waals surface area contributed by atoms with Crippen LogP contribution in [0, 0.1) is 17.3 Å². The molecule has 0 amide bonds. The SMILES string of the molecule is COc1ccc(COC(=O)[C@H]2[C@H](C=C(C)C)C2(C)C)cc1. The molecule has 0 radical (unpaired) electrons. The first-order chi connectivity index (χ1) is 9.86. The molecular weight excluding hydrogens is 264 g/mol. The Hall–Kier alpha value is -1.77. The lowest BCUT2D eigenvalue weighted by Crippen LogP contribution is -2.10. The monoisotopic (exact) mass is 288 g/mol. The molecular formula is C18H24O3. The quantitative estimate of drug-likeness (QED) is 0.607. The molecule has 0 N–H and O–H groups in total. The van der Waals surface area contributed by atoms with E-state index in [9.17, 15) is 4.79 Å². The van der Waals surface area contributed by atoms with Crippen LogP contribution in [-0.2, 0) is 16.1 Å². The van der Waals surface area contributed by atoms with Gasteiger partial charge in [0.05, 0.1) is 13.0 Å². The minimum absolute atomic E-state index is 0.00820. The Balaban J connectivity index is 1.92. The van der Waals surface area contributed by atoms with Crippen molar-refractivity contribution in [1.29, 1.82) is 0 Å². The number of benzene rings is 1. The van der Waals surface area contributed by atoms with Gasteiger partial charge >= 0.3 is 5.97 Å². The van der Waals surface area contributed by atoms with Gasteiger partial charge in [-0.15, -0.1) is 0 Å². The van der Waals surface area contributed by atoms with Gasteiger partial charge in [-0.25, -0.2) is 0 Å². The number of carbonyl (C=O) groups excluding carboxylic acids is 1. The van der Waals surface area contributed by atoms with Gasteiger partial charge in [0.2, 0.25) is 0 Å². The second kappa shape index (κ2) is 5.92. The summed E-state index contributed by atoms with van der Waals surface area (Å²) < 4.78 is 10.6. The van der Waals surface area contributed by atoms with Gasteiger partial charge in [0.1, 0.15) is 12.4 Å². The van der Waals surface area contributed by atoms with Gasteiger partial charge in [-0.3, -0.25) is 4.79 Å². The molecule has 1 aromatic carbocycles. The molecule has 114 valence electrons. The van der Waals surface area contributed by atoms with Crippen molar-refractivity contribution in [2.24, 2.45) is 17.3 Å². The molecule has 21 heavy (non-hydrogen) atoms. The highest BCUT2D eigenvalue weighted by molar-refractivity contribution is 5.78. The van der Waals surface area contributed by atoms with Crippen molar-refractivity contribution in [1.82, 2.24) is 0 Å². The second-order valence-corrected chi connectivity index (χ2v) is 6.52.